The van der Waals surface area contributed by atoms with Crippen LogP contribution >= 0.6 is 0 Å². The minimum atomic E-state index is -0.837. The van der Waals surface area contributed by atoms with E-state index < -0.39 is 8.07 Å². The molecule has 0 bridgehead atoms. The molecule has 2 heteroatoms. The second-order valence-corrected chi connectivity index (χ2v) is 11.1. The van der Waals surface area contributed by atoms with Crippen LogP contribution in [0.4, 0.5) is 0 Å². The Morgan fingerprint density at radius 3 is 2.40 bits per heavy atom. The minimum absolute atomic E-state index is 0.109. The zero-order valence-corrected chi connectivity index (χ0v) is 11.9. The summed E-state index contributed by atoms with van der Waals surface area (Å²) in [5, 5.41) is 0. The second kappa shape index (κ2) is 7.96. The Morgan fingerprint density at radius 1 is 1.20 bits per heavy atom. The molecule has 0 saturated carbocycles. The highest BCUT2D eigenvalue weighted by Gasteiger charge is 2.11. The summed E-state index contributed by atoms with van der Waals surface area (Å²) in [5.41, 5.74) is 5.90. The third-order valence-electron chi connectivity index (χ3n) is 2.35. The molecule has 1 unspecified atom stereocenters. The smallest absolute Gasteiger partial charge is 0.0664 e. The van der Waals surface area contributed by atoms with Crippen LogP contribution in [-0.4, -0.2) is 14.1 Å². The maximum atomic E-state index is 5.90. The maximum absolute atomic E-state index is 5.90. The number of unbranched alkanes of at least 4 members (excludes halogenated alkanes) is 2. The van der Waals surface area contributed by atoms with Gasteiger partial charge in [0.25, 0.3) is 0 Å². The van der Waals surface area contributed by atoms with Gasteiger partial charge in [0.1, 0.15) is 0 Å². The fourth-order valence-corrected chi connectivity index (χ4v) is 2.73. The van der Waals surface area contributed by atoms with Gasteiger partial charge < -0.3 is 5.73 Å². The SMILES string of the molecule is CCCC#CC(N)CCCC[Si](C)(C)C. The molecule has 0 spiro atoms. The van der Waals surface area contributed by atoms with Gasteiger partial charge in [-0.2, -0.15) is 0 Å². The van der Waals surface area contributed by atoms with Gasteiger partial charge in [-0.15, -0.1) is 5.92 Å². The quantitative estimate of drug-likeness (QED) is 0.417. The number of rotatable bonds is 6. The van der Waals surface area contributed by atoms with Crippen molar-refractivity contribution in [3.63, 3.8) is 0 Å². The van der Waals surface area contributed by atoms with Gasteiger partial charge in [-0.3, -0.25) is 0 Å². The average Bonchev–Trinajstić information content (AvgIpc) is 2.11. The molecule has 2 N–H and O–H groups in total. The Kier molecular flexibility index (Phi) is 7.82. The predicted molar refractivity (Wildman–Crippen MR) is 72.7 cm³/mol. The van der Waals surface area contributed by atoms with E-state index in [2.05, 4.69) is 38.4 Å². The van der Waals surface area contributed by atoms with Crippen LogP contribution in [0, 0.1) is 11.8 Å². The molecule has 0 aliphatic carbocycles. The Morgan fingerprint density at radius 2 is 1.87 bits per heavy atom. The third kappa shape index (κ3) is 11.7. The van der Waals surface area contributed by atoms with Crippen molar-refractivity contribution in [2.75, 3.05) is 0 Å². The van der Waals surface area contributed by atoms with Crippen molar-refractivity contribution in [1.82, 2.24) is 0 Å². The molecular formula is C13H27NSi. The minimum Gasteiger partial charge on any atom is -0.318 e. The van der Waals surface area contributed by atoms with Crippen molar-refractivity contribution in [3.8, 4) is 11.8 Å². The fourth-order valence-electron chi connectivity index (χ4n) is 1.42. The second-order valence-electron chi connectivity index (χ2n) is 5.48. The first kappa shape index (κ1) is 14.7. The molecule has 0 radical (unpaired) electrons. The van der Waals surface area contributed by atoms with Gasteiger partial charge in [0.15, 0.2) is 0 Å². The van der Waals surface area contributed by atoms with Crippen LogP contribution in [0.5, 0.6) is 0 Å². The van der Waals surface area contributed by atoms with E-state index in [1.807, 2.05) is 0 Å². The molecule has 0 saturated heterocycles. The number of hydrogen-bond acceptors (Lipinski definition) is 1. The van der Waals surface area contributed by atoms with Crippen molar-refractivity contribution in [1.29, 1.82) is 0 Å². The van der Waals surface area contributed by atoms with E-state index in [4.69, 9.17) is 5.73 Å². The van der Waals surface area contributed by atoms with Crippen LogP contribution in [-0.2, 0) is 0 Å². The van der Waals surface area contributed by atoms with Crippen LogP contribution in [0.25, 0.3) is 0 Å². The van der Waals surface area contributed by atoms with Gasteiger partial charge in [-0.05, 0) is 12.8 Å². The van der Waals surface area contributed by atoms with Crippen LogP contribution in [0.15, 0.2) is 0 Å². The van der Waals surface area contributed by atoms with Gasteiger partial charge in [0.2, 0.25) is 0 Å². The Labute approximate surface area is 96.8 Å². The summed E-state index contributed by atoms with van der Waals surface area (Å²) >= 11 is 0. The van der Waals surface area contributed by atoms with Gasteiger partial charge in [0, 0.05) is 14.5 Å². The van der Waals surface area contributed by atoms with Crippen molar-refractivity contribution < 1.29 is 0 Å². The zero-order valence-electron chi connectivity index (χ0n) is 10.9. The van der Waals surface area contributed by atoms with Crippen molar-refractivity contribution in [2.24, 2.45) is 5.73 Å². The lowest BCUT2D eigenvalue weighted by Gasteiger charge is -2.15. The highest BCUT2D eigenvalue weighted by atomic mass is 28.3. The highest BCUT2D eigenvalue weighted by molar-refractivity contribution is 6.76. The topological polar surface area (TPSA) is 26.0 Å². The molecule has 0 rings (SSSR count). The summed E-state index contributed by atoms with van der Waals surface area (Å²) in [7, 11) is -0.837. The first-order valence-electron chi connectivity index (χ1n) is 6.19. The van der Waals surface area contributed by atoms with Crippen molar-refractivity contribution >= 4 is 8.07 Å². The molecule has 0 fully saturated rings. The summed E-state index contributed by atoms with van der Waals surface area (Å²) in [6.45, 7) is 9.42. The van der Waals surface area contributed by atoms with E-state index in [0.29, 0.717) is 0 Å². The maximum Gasteiger partial charge on any atom is 0.0664 e. The lowest BCUT2D eigenvalue weighted by Crippen LogP contribution is -2.20. The molecular weight excluding hydrogens is 198 g/mol. The molecule has 0 amide bonds. The predicted octanol–water partition coefficient (Wildman–Crippen LogP) is 3.63. The molecule has 0 aromatic heterocycles. The Hall–Kier alpha value is -0.263. The lowest BCUT2D eigenvalue weighted by molar-refractivity contribution is 0.663. The van der Waals surface area contributed by atoms with Gasteiger partial charge in [0.05, 0.1) is 6.04 Å². The Bertz CT molecular complexity index is 207. The zero-order chi connectivity index (χ0) is 11.7. The molecule has 15 heavy (non-hydrogen) atoms. The van der Waals surface area contributed by atoms with Crippen LogP contribution in [0.2, 0.25) is 25.7 Å². The highest BCUT2D eigenvalue weighted by Crippen LogP contribution is 2.14. The normalized spacial score (nSPS) is 13.1. The first-order chi connectivity index (χ1) is 6.95. The summed E-state index contributed by atoms with van der Waals surface area (Å²) in [4.78, 5) is 0. The fraction of sp³-hybridized carbons (Fsp3) is 0.846. The largest absolute Gasteiger partial charge is 0.318 e. The number of hydrogen-bond donors (Lipinski definition) is 1. The van der Waals surface area contributed by atoms with E-state index in [1.165, 1.54) is 18.9 Å². The molecule has 0 aromatic rings. The van der Waals surface area contributed by atoms with Crippen molar-refractivity contribution in [3.05, 3.63) is 0 Å². The monoisotopic (exact) mass is 225 g/mol. The number of nitrogens with two attached hydrogens (primary N) is 1. The molecule has 0 aliphatic rings. The van der Waals surface area contributed by atoms with Crippen LogP contribution in [0.3, 0.4) is 0 Å². The average molecular weight is 225 g/mol. The molecule has 0 aliphatic heterocycles. The molecule has 0 heterocycles. The van der Waals surface area contributed by atoms with E-state index in [-0.39, 0.29) is 6.04 Å². The molecule has 1 nitrogen and oxygen atoms in total. The molecule has 88 valence electrons. The van der Waals surface area contributed by atoms with E-state index in [9.17, 15) is 0 Å². The van der Waals surface area contributed by atoms with E-state index in [1.54, 1.807) is 0 Å². The lowest BCUT2D eigenvalue weighted by atomic mass is 10.1. The standard InChI is InChI=1S/C13H27NSi/c1-5-6-7-10-13(14)11-8-9-12-15(2,3)4/h13H,5-6,8-9,11-12,14H2,1-4H3. The van der Waals surface area contributed by atoms with Crippen molar-refractivity contribution in [2.45, 2.75) is 70.8 Å². The molecule has 1 atom stereocenters. The summed E-state index contributed by atoms with van der Waals surface area (Å²) in [6, 6.07) is 1.53. The van der Waals surface area contributed by atoms with Gasteiger partial charge in [-0.25, -0.2) is 0 Å². The Balaban J connectivity index is 3.48. The molecule has 0 aromatic carbocycles. The van der Waals surface area contributed by atoms with Gasteiger partial charge in [-0.1, -0.05) is 51.4 Å². The van der Waals surface area contributed by atoms with Crippen LogP contribution < -0.4 is 5.73 Å². The van der Waals surface area contributed by atoms with Gasteiger partial charge >= 0.3 is 0 Å². The summed E-state index contributed by atoms with van der Waals surface area (Å²) in [5.74, 6) is 6.25. The summed E-state index contributed by atoms with van der Waals surface area (Å²) < 4.78 is 0. The summed E-state index contributed by atoms with van der Waals surface area (Å²) in [6.07, 6.45) is 5.77. The first-order valence-corrected chi connectivity index (χ1v) is 9.90. The van der Waals surface area contributed by atoms with Crippen LogP contribution in [0.1, 0.15) is 39.0 Å². The third-order valence-corrected chi connectivity index (χ3v) is 4.21. The van der Waals surface area contributed by atoms with E-state index in [0.717, 1.165) is 19.3 Å². The van der Waals surface area contributed by atoms with E-state index >= 15 is 0 Å².